The van der Waals surface area contributed by atoms with Crippen molar-refractivity contribution in [3.05, 3.63) is 48.4 Å². The minimum atomic E-state index is 0.361. The van der Waals surface area contributed by atoms with Gasteiger partial charge < -0.3 is 10.5 Å². The molecule has 0 amide bonds. The first-order chi connectivity index (χ1) is 10.3. The van der Waals surface area contributed by atoms with Crippen LogP contribution in [0, 0.1) is 0 Å². The summed E-state index contributed by atoms with van der Waals surface area (Å²) in [5.74, 6) is 1.03. The summed E-state index contributed by atoms with van der Waals surface area (Å²) in [6.07, 6.45) is 1.78. The maximum atomic E-state index is 5.86. The number of hydrogen-bond donors (Lipinski definition) is 1. The lowest BCUT2D eigenvalue weighted by Crippen LogP contribution is -2.03. The van der Waals surface area contributed by atoms with Crippen LogP contribution in [0.4, 0.5) is 5.82 Å². The molecule has 0 radical (unpaired) electrons. The molecular weight excluding hydrogens is 264 g/mol. The average molecular weight is 280 g/mol. The van der Waals surface area contributed by atoms with Crippen molar-refractivity contribution in [3.8, 4) is 11.3 Å². The molecule has 5 nitrogen and oxygen atoms in total. The third kappa shape index (κ3) is 2.98. The fourth-order valence-electron chi connectivity index (χ4n) is 2.15. The first-order valence-electron chi connectivity index (χ1n) is 6.82. The van der Waals surface area contributed by atoms with E-state index >= 15 is 0 Å². The van der Waals surface area contributed by atoms with Gasteiger partial charge in [0.2, 0.25) is 0 Å². The van der Waals surface area contributed by atoms with Crippen LogP contribution in [-0.4, -0.2) is 21.6 Å². The normalized spacial score (nSPS) is 10.9. The first kappa shape index (κ1) is 13.5. The third-order valence-corrected chi connectivity index (χ3v) is 3.13. The van der Waals surface area contributed by atoms with Crippen LogP contribution < -0.4 is 5.73 Å². The molecule has 0 aliphatic rings. The van der Waals surface area contributed by atoms with E-state index < -0.39 is 0 Å². The number of anilines is 1. The van der Waals surface area contributed by atoms with Crippen molar-refractivity contribution in [2.45, 2.75) is 13.5 Å². The number of rotatable bonds is 4. The number of pyridine rings is 1. The summed E-state index contributed by atoms with van der Waals surface area (Å²) in [6, 6.07) is 11.8. The van der Waals surface area contributed by atoms with Gasteiger partial charge in [0.1, 0.15) is 12.4 Å². The number of fused-ring (bicyclic) bond motifs is 1. The summed E-state index contributed by atoms with van der Waals surface area (Å²) in [7, 11) is 0. The zero-order chi connectivity index (χ0) is 14.7. The predicted molar refractivity (Wildman–Crippen MR) is 82.5 cm³/mol. The summed E-state index contributed by atoms with van der Waals surface area (Å²) in [4.78, 5) is 13.1. The SMILES string of the molecule is CCOCc1nc(N)cc(-c2ccc3cccnc3c2)n1. The molecule has 3 rings (SSSR count). The highest BCUT2D eigenvalue weighted by Crippen LogP contribution is 2.23. The number of nitrogens with two attached hydrogens (primary N) is 1. The molecule has 5 heteroatoms. The van der Waals surface area contributed by atoms with E-state index in [-0.39, 0.29) is 0 Å². The second-order valence-corrected chi connectivity index (χ2v) is 4.64. The van der Waals surface area contributed by atoms with Crippen molar-refractivity contribution in [2.75, 3.05) is 12.3 Å². The van der Waals surface area contributed by atoms with E-state index in [2.05, 4.69) is 15.0 Å². The topological polar surface area (TPSA) is 73.9 Å². The smallest absolute Gasteiger partial charge is 0.157 e. The van der Waals surface area contributed by atoms with Gasteiger partial charge in [-0.3, -0.25) is 4.98 Å². The molecule has 0 bridgehead atoms. The molecule has 3 aromatic rings. The van der Waals surface area contributed by atoms with E-state index in [1.54, 1.807) is 12.3 Å². The molecule has 0 saturated carbocycles. The van der Waals surface area contributed by atoms with Gasteiger partial charge in [-0.2, -0.15) is 0 Å². The molecule has 2 heterocycles. The zero-order valence-electron chi connectivity index (χ0n) is 11.8. The molecule has 21 heavy (non-hydrogen) atoms. The van der Waals surface area contributed by atoms with Gasteiger partial charge in [-0.15, -0.1) is 0 Å². The quantitative estimate of drug-likeness (QED) is 0.795. The van der Waals surface area contributed by atoms with E-state index in [1.807, 2.05) is 37.3 Å². The minimum absolute atomic E-state index is 0.361. The molecule has 2 aromatic heterocycles. The number of aromatic nitrogens is 3. The minimum Gasteiger partial charge on any atom is -0.384 e. The Kier molecular flexibility index (Phi) is 3.75. The van der Waals surface area contributed by atoms with Crippen LogP contribution in [0.2, 0.25) is 0 Å². The highest BCUT2D eigenvalue weighted by atomic mass is 16.5. The van der Waals surface area contributed by atoms with Gasteiger partial charge in [-0.1, -0.05) is 18.2 Å². The maximum absolute atomic E-state index is 5.86. The average Bonchev–Trinajstić information content (AvgIpc) is 2.52. The fourth-order valence-corrected chi connectivity index (χ4v) is 2.15. The van der Waals surface area contributed by atoms with Gasteiger partial charge in [-0.25, -0.2) is 9.97 Å². The summed E-state index contributed by atoms with van der Waals surface area (Å²) in [5, 5.41) is 1.10. The Morgan fingerprint density at radius 1 is 1.14 bits per heavy atom. The number of ether oxygens (including phenoxy) is 1. The fraction of sp³-hybridized carbons (Fsp3) is 0.188. The molecule has 0 fully saturated rings. The number of nitrogens with zero attached hydrogens (tertiary/aromatic N) is 3. The summed E-state index contributed by atoms with van der Waals surface area (Å²) in [6.45, 7) is 2.91. The van der Waals surface area contributed by atoms with Gasteiger partial charge >= 0.3 is 0 Å². The molecule has 0 aliphatic heterocycles. The molecule has 0 saturated heterocycles. The van der Waals surface area contributed by atoms with Crippen molar-refractivity contribution in [2.24, 2.45) is 0 Å². The van der Waals surface area contributed by atoms with Crippen molar-refractivity contribution in [1.29, 1.82) is 0 Å². The highest BCUT2D eigenvalue weighted by Gasteiger charge is 2.06. The number of benzene rings is 1. The Hall–Kier alpha value is -2.53. The summed E-state index contributed by atoms with van der Waals surface area (Å²) < 4.78 is 5.34. The van der Waals surface area contributed by atoms with Crippen LogP contribution >= 0.6 is 0 Å². The largest absolute Gasteiger partial charge is 0.384 e. The van der Waals surface area contributed by atoms with Crippen LogP contribution in [0.15, 0.2) is 42.6 Å². The van der Waals surface area contributed by atoms with Crippen LogP contribution in [0.5, 0.6) is 0 Å². The van der Waals surface area contributed by atoms with E-state index in [0.29, 0.717) is 24.9 Å². The maximum Gasteiger partial charge on any atom is 0.157 e. The molecule has 0 spiro atoms. The van der Waals surface area contributed by atoms with Gasteiger partial charge in [0.15, 0.2) is 5.82 Å². The van der Waals surface area contributed by atoms with Crippen LogP contribution in [0.25, 0.3) is 22.2 Å². The lowest BCUT2D eigenvalue weighted by molar-refractivity contribution is 0.128. The molecule has 0 unspecified atom stereocenters. The molecule has 0 atom stereocenters. The molecular formula is C16H16N4O. The van der Waals surface area contributed by atoms with Gasteiger partial charge in [0.25, 0.3) is 0 Å². The van der Waals surface area contributed by atoms with E-state index in [0.717, 1.165) is 22.2 Å². The first-order valence-corrected chi connectivity index (χ1v) is 6.82. The van der Waals surface area contributed by atoms with Crippen LogP contribution in [-0.2, 0) is 11.3 Å². The number of nitrogen functional groups attached to an aromatic ring is 1. The van der Waals surface area contributed by atoms with E-state index in [1.165, 1.54) is 0 Å². The van der Waals surface area contributed by atoms with Gasteiger partial charge in [-0.05, 0) is 19.1 Å². The Bertz CT molecular complexity index is 773. The van der Waals surface area contributed by atoms with Crippen molar-refractivity contribution < 1.29 is 4.74 Å². The van der Waals surface area contributed by atoms with Gasteiger partial charge in [0, 0.05) is 29.8 Å². The van der Waals surface area contributed by atoms with E-state index in [4.69, 9.17) is 10.5 Å². The van der Waals surface area contributed by atoms with Crippen molar-refractivity contribution in [1.82, 2.24) is 15.0 Å². The second-order valence-electron chi connectivity index (χ2n) is 4.64. The molecule has 0 aliphatic carbocycles. The lowest BCUT2D eigenvalue weighted by atomic mass is 10.1. The standard InChI is InChI=1S/C16H16N4O/c1-2-21-10-16-19-14(9-15(17)20-16)12-6-5-11-4-3-7-18-13(11)8-12/h3-9H,2,10H2,1H3,(H2,17,19,20). The lowest BCUT2D eigenvalue weighted by Gasteiger charge is -2.07. The monoisotopic (exact) mass is 280 g/mol. The van der Waals surface area contributed by atoms with Crippen molar-refractivity contribution >= 4 is 16.7 Å². The molecule has 1 aromatic carbocycles. The van der Waals surface area contributed by atoms with Crippen molar-refractivity contribution in [3.63, 3.8) is 0 Å². The Labute approximate surface area is 122 Å². The van der Waals surface area contributed by atoms with Crippen LogP contribution in [0.3, 0.4) is 0 Å². The summed E-state index contributed by atoms with van der Waals surface area (Å²) >= 11 is 0. The Morgan fingerprint density at radius 3 is 2.90 bits per heavy atom. The second kappa shape index (κ2) is 5.85. The molecule has 106 valence electrons. The molecule has 2 N–H and O–H groups in total. The third-order valence-electron chi connectivity index (χ3n) is 3.13. The Balaban J connectivity index is 2.02. The zero-order valence-corrected chi connectivity index (χ0v) is 11.8. The van der Waals surface area contributed by atoms with Crippen LogP contribution in [0.1, 0.15) is 12.7 Å². The van der Waals surface area contributed by atoms with E-state index in [9.17, 15) is 0 Å². The van der Waals surface area contributed by atoms with Gasteiger partial charge in [0.05, 0.1) is 11.2 Å². The Morgan fingerprint density at radius 2 is 2.05 bits per heavy atom. The highest BCUT2D eigenvalue weighted by molar-refractivity contribution is 5.83. The summed E-state index contributed by atoms with van der Waals surface area (Å²) in [5.41, 5.74) is 8.54. The predicted octanol–water partition coefficient (Wildman–Crippen LogP) is 2.81. The number of hydrogen-bond acceptors (Lipinski definition) is 5.